The van der Waals surface area contributed by atoms with Crippen LogP contribution in [0.3, 0.4) is 0 Å². The van der Waals surface area contributed by atoms with Crippen molar-refractivity contribution in [2.75, 3.05) is 23.8 Å². The summed E-state index contributed by atoms with van der Waals surface area (Å²) in [6.07, 6.45) is 2.89. The van der Waals surface area contributed by atoms with Crippen molar-refractivity contribution in [3.05, 3.63) is 53.8 Å². The Bertz CT molecular complexity index is 1070. The van der Waals surface area contributed by atoms with Crippen molar-refractivity contribution < 1.29 is 19.1 Å². The zero-order valence-corrected chi connectivity index (χ0v) is 19.4. The monoisotopic (exact) mass is 470 g/mol. The molecule has 0 bridgehead atoms. The molecule has 3 aromatic rings. The Labute approximate surface area is 195 Å². The van der Waals surface area contributed by atoms with Crippen molar-refractivity contribution in [3.63, 3.8) is 0 Å². The van der Waals surface area contributed by atoms with Gasteiger partial charge < -0.3 is 14.8 Å². The largest absolute Gasteiger partial charge is 0.444 e. The lowest BCUT2D eigenvalue weighted by Crippen LogP contribution is -2.34. The zero-order chi connectivity index (χ0) is 23.7. The Morgan fingerprint density at radius 1 is 1.03 bits per heavy atom. The minimum Gasteiger partial charge on any atom is -0.444 e. The van der Waals surface area contributed by atoms with E-state index in [1.807, 2.05) is 12.1 Å². The molecule has 0 spiro atoms. The number of amides is 3. The van der Waals surface area contributed by atoms with E-state index in [2.05, 4.69) is 30.9 Å². The number of carbonyl (C=O) groups excluding carboxylic acids is 2. The number of pyridine rings is 2. The van der Waals surface area contributed by atoms with Gasteiger partial charge in [-0.2, -0.15) is 0 Å². The first-order chi connectivity index (χ1) is 15.8. The molecule has 174 valence electrons. The van der Waals surface area contributed by atoms with Crippen LogP contribution in [0.4, 0.5) is 21.2 Å². The van der Waals surface area contributed by atoms with Gasteiger partial charge in [-0.05, 0) is 45.0 Å². The highest BCUT2D eigenvalue weighted by atomic mass is 32.1. The fraction of sp³-hybridized carbons (Fsp3) is 0.318. The summed E-state index contributed by atoms with van der Waals surface area (Å²) < 4.78 is 10.7. The Kier molecular flexibility index (Phi) is 8.28. The Morgan fingerprint density at radius 3 is 2.55 bits per heavy atom. The van der Waals surface area contributed by atoms with Crippen LogP contribution in [0.5, 0.6) is 0 Å². The average Bonchev–Trinajstić information content (AvgIpc) is 3.21. The summed E-state index contributed by atoms with van der Waals surface area (Å²) in [7, 11) is 0. The molecule has 0 aliphatic heterocycles. The predicted octanol–water partition coefficient (Wildman–Crippen LogP) is 4.29. The lowest BCUT2D eigenvalue weighted by atomic mass is 10.2. The van der Waals surface area contributed by atoms with E-state index in [1.165, 1.54) is 11.3 Å². The second-order valence-electron chi connectivity index (χ2n) is 7.85. The van der Waals surface area contributed by atoms with Crippen LogP contribution in [0.25, 0.3) is 10.6 Å². The van der Waals surface area contributed by atoms with E-state index in [9.17, 15) is 9.59 Å². The summed E-state index contributed by atoms with van der Waals surface area (Å²) in [4.78, 5) is 36.6. The second kappa shape index (κ2) is 11.3. The van der Waals surface area contributed by atoms with E-state index in [4.69, 9.17) is 9.47 Å². The topological polar surface area (TPSA) is 127 Å². The maximum Gasteiger partial charge on any atom is 0.407 e. The lowest BCUT2D eigenvalue weighted by Gasteiger charge is -2.19. The SMILES string of the molecule is CC(C)(C)OC(=O)NCCOCc1cccc(NC(=O)Nc2csc(-c3ccncc3)n2)n1. The van der Waals surface area contributed by atoms with Gasteiger partial charge in [0.15, 0.2) is 0 Å². The molecule has 0 atom stereocenters. The van der Waals surface area contributed by atoms with Crippen molar-refractivity contribution in [1.82, 2.24) is 20.3 Å². The molecule has 3 aromatic heterocycles. The van der Waals surface area contributed by atoms with E-state index < -0.39 is 17.7 Å². The Hall–Kier alpha value is -3.57. The van der Waals surface area contributed by atoms with E-state index in [1.54, 1.807) is 56.7 Å². The number of anilines is 2. The number of urea groups is 1. The van der Waals surface area contributed by atoms with Crippen LogP contribution >= 0.6 is 11.3 Å². The van der Waals surface area contributed by atoms with Crippen LogP contribution in [0.1, 0.15) is 26.5 Å². The molecule has 0 saturated heterocycles. The van der Waals surface area contributed by atoms with Gasteiger partial charge in [0, 0.05) is 29.9 Å². The van der Waals surface area contributed by atoms with Gasteiger partial charge in [-0.1, -0.05) is 6.07 Å². The molecule has 11 heteroatoms. The maximum atomic E-state index is 12.3. The molecule has 0 aliphatic rings. The zero-order valence-electron chi connectivity index (χ0n) is 18.6. The number of aromatic nitrogens is 3. The van der Waals surface area contributed by atoms with Crippen LogP contribution in [-0.2, 0) is 16.1 Å². The number of nitrogens with one attached hydrogen (secondary N) is 3. The molecule has 0 aromatic carbocycles. The summed E-state index contributed by atoms with van der Waals surface area (Å²) in [5.74, 6) is 0.825. The van der Waals surface area contributed by atoms with Crippen LogP contribution < -0.4 is 16.0 Å². The second-order valence-corrected chi connectivity index (χ2v) is 8.71. The smallest absolute Gasteiger partial charge is 0.407 e. The number of rotatable bonds is 8. The number of carbonyl (C=O) groups is 2. The summed E-state index contributed by atoms with van der Waals surface area (Å²) >= 11 is 1.42. The van der Waals surface area contributed by atoms with Gasteiger partial charge in [0.05, 0.1) is 18.9 Å². The normalized spacial score (nSPS) is 11.0. The maximum absolute atomic E-state index is 12.3. The third-order valence-corrected chi connectivity index (χ3v) is 4.78. The predicted molar refractivity (Wildman–Crippen MR) is 126 cm³/mol. The number of ether oxygens (including phenoxy) is 2. The summed E-state index contributed by atoms with van der Waals surface area (Å²) in [5.41, 5.74) is 1.02. The molecule has 3 N–H and O–H groups in total. The van der Waals surface area contributed by atoms with E-state index >= 15 is 0 Å². The number of nitrogens with zero attached hydrogens (tertiary/aromatic N) is 3. The van der Waals surface area contributed by atoms with Crippen LogP contribution in [0.15, 0.2) is 48.1 Å². The first kappa shape index (κ1) is 24.1. The number of thiazole rings is 1. The highest BCUT2D eigenvalue weighted by Gasteiger charge is 2.15. The van der Waals surface area contributed by atoms with Crippen molar-refractivity contribution in [2.24, 2.45) is 0 Å². The van der Waals surface area contributed by atoms with Crippen molar-refractivity contribution in [3.8, 4) is 10.6 Å². The van der Waals surface area contributed by atoms with Crippen LogP contribution in [-0.4, -0.2) is 45.8 Å². The molecular formula is C22H26N6O4S. The summed E-state index contributed by atoms with van der Waals surface area (Å²) in [5, 5.41) is 10.5. The molecule has 0 unspecified atom stereocenters. The molecule has 3 amide bonds. The Morgan fingerprint density at radius 2 is 1.79 bits per heavy atom. The summed E-state index contributed by atoms with van der Waals surface area (Å²) in [6, 6.07) is 8.49. The van der Waals surface area contributed by atoms with Gasteiger partial charge in [0.2, 0.25) is 0 Å². The first-order valence-electron chi connectivity index (χ1n) is 10.2. The number of hydrogen-bond donors (Lipinski definition) is 3. The van der Waals surface area contributed by atoms with Crippen molar-refractivity contribution >= 4 is 35.1 Å². The number of alkyl carbamates (subject to hydrolysis) is 1. The standard InChI is InChI=1S/C22H26N6O4S/c1-22(2,3)32-21(30)24-11-12-31-13-16-5-4-6-17(25-16)27-20(29)28-18-14-33-19(26-18)15-7-9-23-10-8-15/h4-10,14H,11-13H2,1-3H3,(H,24,30)(H2,25,27,28,29). The van der Waals surface area contributed by atoms with Gasteiger partial charge in [-0.25, -0.2) is 19.6 Å². The lowest BCUT2D eigenvalue weighted by molar-refractivity contribution is 0.0493. The van der Waals surface area contributed by atoms with Crippen LogP contribution in [0, 0.1) is 0 Å². The fourth-order valence-corrected chi connectivity index (χ4v) is 3.33. The molecule has 0 radical (unpaired) electrons. The van der Waals surface area contributed by atoms with E-state index in [0.717, 1.165) is 10.6 Å². The number of hydrogen-bond acceptors (Lipinski definition) is 8. The van der Waals surface area contributed by atoms with Crippen molar-refractivity contribution in [1.29, 1.82) is 0 Å². The minimum absolute atomic E-state index is 0.231. The highest BCUT2D eigenvalue weighted by molar-refractivity contribution is 7.13. The molecule has 3 rings (SSSR count). The minimum atomic E-state index is -0.546. The first-order valence-corrected chi connectivity index (χ1v) is 11.1. The molecule has 0 fully saturated rings. The van der Waals surface area contributed by atoms with Gasteiger partial charge in [0.25, 0.3) is 0 Å². The highest BCUT2D eigenvalue weighted by Crippen LogP contribution is 2.25. The molecule has 3 heterocycles. The molecule has 0 aliphatic carbocycles. The fourth-order valence-electron chi connectivity index (χ4n) is 2.57. The Balaban J connectivity index is 1.42. The van der Waals surface area contributed by atoms with Gasteiger partial charge >= 0.3 is 12.1 Å². The molecule has 33 heavy (non-hydrogen) atoms. The van der Waals surface area contributed by atoms with Gasteiger partial charge in [-0.15, -0.1) is 11.3 Å². The molecule has 10 nitrogen and oxygen atoms in total. The van der Waals surface area contributed by atoms with Crippen molar-refractivity contribution in [2.45, 2.75) is 33.0 Å². The van der Waals surface area contributed by atoms with Gasteiger partial charge in [-0.3, -0.25) is 15.6 Å². The third kappa shape index (κ3) is 8.47. The third-order valence-electron chi connectivity index (χ3n) is 3.89. The quantitative estimate of drug-likeness (QED) is 0.419. The van der Waals surface area contributed by atoms with Crippen LogP contribution in [0.2, 0.25) is 0 Å². The van der Waals surface area contributed by atoms with Gasteiger partial charge in [0.1, 0.15) is 22.2 Å². The summed E-state index contributed by atoms with van der Waals surface area (Å²) in [6.45, 7) is 6.23. The molecular weight excluding hydrogens is 444 g/mol. The average molecular weight is 471 g/mol. The molecule has 0 saturated carbocycles. The van der Waals surface area contributed by atoms with E-state index in [0.29, 0.717) is 30.5 Å². The van der Waals surface area contributed by atoms with E-state index in [-0.39, 0.29) is 6.61 Å².